The monoisotopic (exact) mass is 246 g/mol. The van der Waals surface area contributed by atoms with Gasteiger partial charge in [-0.25, -0.2) is 0 Å². The van der Waals surface area contributed by atoms with Crippen LogP contribution < -0.4 is 4.74 Å². The number of hydrogen-bond acceptors (Lipinski definition) is 1. The van der Waals surface area contributed by atoms with Crippen molar-refractivity contribution in [1.82, 2.24) is 0 Å². The number of methoxy groups -OCH3 is 1. The number of ether oxygens (including phenoxy) is 1. The summed E-state index contributed by atoms with van der Waals surface area (Å²) in [5, 5.41) is 2.51. The van der Waals surface area contributed by atoms with E-state index in [1.54, 1.807) is 7.11 Å². The Hall–Kier alpha value is -1.21. The van der Waals surface area contributed by atoms with Gasteiger partial charge in [0.1, 0.15) is 5.75 Å². The van der Waals surface area contributed by atoms with Crippen molar-refractivity contribution in [1.29, 1.82) is 0 Å². The van der Waals surface area contributed by atoms with E-state index in [1.807, 2.05) is 6.07 Å². The van der Waals surface area contributed by atoms with Gasteiger partial charge in [0.25, 0.3) is 0 Å². The molecule has 2 heteroatoms. The van der Waals surface area contributed by atoms with Gasteiger partial charge in [0.15, 0.2) is 0 Å². The third-order valence-corrected chi connectivity index (χ3v) is 4.02. The largest absolute Gasteiger partial charge is 0.497 e. The summed E-state index contributed by atoms with van der Waals surface area (Å²) in [6.45, 7) is 0. The van der Waals surface area contributed by atoms with E-state index in [9.17, 15) is 0 Å². The van der Waals surface area contributed by atoms with Gasteiger partial charge in [-0.05, 0) is 46.7 Å². The topological polar surface area (TPSA) is 9.23 Å². The molecule has 3 rings (SSSR count). The van der Waals surface area contributed by atoms with Gasteiger partial charge < -0.3 is 4.74 Å². The summed E-state index contributed by atoms with van der Waals surface area (Å²) < 4.78 is 5.23. The SMILES string of the molecule is COc1ccc2cc(C3CC3CCl)ccc2c1. The summed E-state index contributed by atoms with van der Waals surface area (Å²) in [6.07, 6.45) is 1.24. The summed E-state index contributed by atoms with van der Waals surface area (Å²) in [5.41, 5.74) is 1.42. The van der Waals surface area contributed by atoms with Crippen LogP contribution in [0.1, 0.15) is 17.9 Å². The second-order valence-corrected chi connectivity index (χ2v) is 5.04. The number of benzene rings is 2. The van der Waals surface area contributed by atoms with E-state index in [0.29, 0.717) is 11.8 Å². The molecule has 0 bridgehead atoms. The minimum absolute atomic E-state index is 0.680. The van der Waals surface area contributed by atoms with E-state index in [4.69, 9.17) is 16.3 Å². The van der Waals surface area contributed by atoms with Crippen LogP contribution in [-0.2, 0) is 0 Å². The molecular formula is C15H15ClO. The normalized spacial score (nSPS) is 22.7. The molecule has 0 radical (unpaired) electrons. The zero-order valence-electron chi connectivity index (χ0n) is 9.82. The quantitative estimate of drug-likeness (QED) is 0.738. The molecule has 0 amide bonds. The number of rotatable bonds is 3. The van der Waals surface area contributed by atoms with Crippen molar-refractivity contribution in [3.63, 3.8) is 0 Å². The minimum atomic E-state index is 0.680. The summed E-state index contributed by atoms with van der Waals surface area (Å²) in [6, 6.07) is 12.9. The lowest BCUT2D eigenvalue weighted by atomic mass is 10.0. The highest BCUT2D eigenvalue weighted by atomic mass is 35.5. The molecule has 1 fully saturated rings. The van der Waals surface area contributed by atoms with Gasteiger partial charge in [0, 0.05) is 5.88 Å². The Morgan fingerprint density at radius 1 is 1.18 bits per heavy atom. The van der Waals surface area contributed by atoms with E-state index < -0.39 is 0 Å². The summed E-state index contributed by atoms with van der Waals surface area (Å²) in [5.74, 6) is 3.06. The van der Waals surface area contributed by atoms with Crippen molar-refractivity contribution >= 4 is 22.4 Å². The van der Waals surface area contributed by atoms with Gasteiger partial charge in [0.2, 0.25) is 0 Å². The molecule has 0 spiro atoms. The molecular weight excluding hydrogens is 232 g/mol. The molecule has 17 heavy (non-hydrogen) atoms. The fraction of sp³-hybridized carbons (Fsp3) is 0.333. The van der Waals surface area contributed by atoms with Crippen LogP contribution in [0, 0.1) is 5.92 Å². The molecule has 1 aliphatic rings. The molecule has 1 saturated carbocycles. The van der Waals surface area contributed by atoms with Gasteiger partial charge in [-0.15, -0.1) is 11.6 Å². The number of hydrogen-bond donors (Lipinski definition) is 0. The maximum absolute atomic E-state index is 5.88. The van der Waals surface area contributed by atoms with Crippen molar-refractivity contribution in [3.05, 3.63) is 42.0 Å². The third-order valence-electron chi connectivity index (χ3n) is 3.62. The Kier molecular flexibility index (Phi) is 2.71. The first-order valence-corrected chi connectivity index (χ1v) is 6.49. The molecule has 1 nitrogen and oxygen atoms in total. The van der Waals surface area contributed by atoms with Crippen LogP contribution in [0.25, 0.3) is 10.8 Å². The summed E-state index contributed by atoms with van der Waals surface area (Å²) in [7, 11) is 1.70. The predicted molar refractivity (Wildman–Crippen MR) is 72.1 cm³/mol. The molecule has 2 atom stereocenters. The first-order valence-electron chi connectivity index (χ1n) is 5.95. The molecule has 88 valence electrons. The molecule has 1 aliphatic carbocycles. The van der Waals surface area contributed by atoms with Crippen LogP contribution in [0.2, 0.25) is 0 Å². The smallest absolute Gasteiger partial charge is 0.119 e. The molecule has 0 N–H and O–H groups in total. The first-order chi connectivity index (χ1) is 8.31. The summed E-state index contributed by atoms with van der Waals surface area (Å²) in [4.78, 5) is 0. The van der Waals surface area contributed by atoms with E-state index in [-0.39, 0.29) is 0 Å². The molecule has 0 heterocycles. The van der Waals surface area contributed by atoms with Crippen molar-refractivity contribution < 1.29 is 4.74 Å². The van der Waals surface area contributed by atoms with Gasteiger partial charge in [-0.3, -0.25) is 0 Å². The Bertz CT molecular complexity index is 550. The average Bonchev–Trinajstić information content (AvgIpc) is 3.17. The predicted octanol–water partition coefficient (Wildman–Crippen LogP) is 4.19. The Balaban J connectivity index is 1.97. The highest BCUT2D eigenvalue weighted by Crippen LogP contribution is 2.48. The lowest BCUT2D eigenvalue weighted by Crippen LogP contribution is -1.86. The highest BCUT2D eigenvalue weighted by Gasteiger charge is 2.37. The molecule has 2 aromatic rings. The van der Waals surface area contributed by atoms with Crippen LogP contribution in [0.15, 0.2) is 36.4 Å². The lowest BCUT2D eigenvalue weighted by Gasteiger charge is -2.05. The third kappa shape index (κ3) is 2.00. The molecule has 2 unspecified atom stereocenters. The minimum Gasteiger partial charge on any atom is -0.497 e. The van der Waals surface area contributed by atoms with Crippen LogP contribution >= 0.6 is 11.6 Å². The van der Waals surface area contributed by atoms with Gasteiger partial charge >= 0.3 is 0 Å². The molecule has 0 aromatic heterocycles. The lowest BCUT2D eigenvalue weighted by molar-refractivity contribution is 0.415. The van der Waals surface area contributed by atoms with E-state index >= 15 is 0 Å². The van der Waals surface area contributed by atoms with Gasteiger partial charge in [-0.1, -0.05) is 24.3 Å². The number of halogens is 1. The van der Waals surface area contributed by atoms with Gasteiger partial charge in [0.05, 0.1) is 7.11 Å². The number of fused-ring (bicyclic) bond motifs is 1. The van der Waals surface area contributed by atoms with Crippen molar-refractivity contribution in [2.75, 3.05) is 13.0 Å². The Labute approximate surface area is 106 Å². The Morgan fingerprint density at radius 3 is 2.65 bits per heavy atom. The zero-order valence-corrected chi connectivity index (χ0v) is 10.6. The second-order valence-electron chi connectivity index (χ2n) is 4.73. The molecule has 2 aromatic carbocycles. The van der Waals surface area contributed by atoms with Crippen LogP contribution in [0.5, 0.6) is 5.75 Å². The first kappa shape index (κ1) is 10.9. The van der Waals surface area contributed by atoms with Crippen molar-refractivity contribution in [2.45, 2.75) is 12.3 Å². The maximum atomic E-state index is 5.88. The van der Waals surface area contributed by atoms with E-state index in [0.717, 1.165) is 11.6 Å². The maximum Gasteiger partial charge on any atom is 0.119 e. The highest BCUT2D eigenvalue weighted by molar-refractivity contribution is 6.18. The second kappa shape index (κ2) is 4.23. The van der Waals surface area contributed by atoms with E-state index in [2.05, 4.69) is 30.3 Å². The van der Waals surface area contributed by atoms with E-state index in [1.165, 1.54) is 22.8 Å². The van der Waals surface area contributed by atoms with Crippen LogP contribution in [-0.4, -0.2) is 13.0 Å². The van der Waals surface area contributed by atoms with Crippen molar-refractivity contribution in [2.24, 2.45) is 5.92 Å². The van der Waals surface area contributed by atoms with Crippen LogP contribution in [0.4, 0.5) is 0 Å². The van der Waals surface area contributed by atoms with Gasteiger partial charge in [-0.2, -0.15) is 0 Å². The standard InChI is InChI=1S/C15H15ClO/c1-17-14-5-4-10-6-12(3-2-11(10)7-14)15-8-13(15)9-16/h2-7,13,15H,8-9H2,1H3. The number of alkyl halides is 1. The molecule has 0 aliphatic heterocycles. The zero-order chi connectivity index (χ0) is 11.8. The average molecular weight is 247 g/mol. The molecule has 0 saturated heterocycles. The fourth-order valence-electron chi connectivity index (χ4n) is 2.43. The Morgan fingerprint density at radius 2 is 1.94 bits per heavy atom. The summed E-state index contributed by atoms with van der Waals surface area (Å²) >= 11 is 5.88. The van der Waals surface area contributed by atoms with Crippen molar-refractivity contribution in [3.8, 4) is 5.75 Å². The van der Waals surface area contributed by atoms with Crippen LogP contribution in [0.3, 0.4) is 0 Å². The fourth-order valence-corrected chi connectivity index (χ4v) is 2.77.